The third-order valence-electron chi connectivity index (χ3n) is 3.52. The van der Waals surface area contributed by atoms with Gasteiger partial charge >= 0.3 is 0 Å². The Hall–Kier alpha value is -0.0831. The fraction of sp³-hybridized carbons (Fsp3) is 0.818. The van der Waals surface area contributed by atoms with Gasteiger partial charge in [-0.05, 0) is 26.2 Å². The molecule has 0 saturated heterocycles. The summed E-state index contributed by atoms with van der Waals surface area (Å²) in [6.45, 7) is 9.02. The second-order valence-corrected chi connectivity index (χ2v) is 10.7. The van der Waals surface area contributed by atoms with Crippen molar-refractivity contribution >= 4 is 8.07 Å². The Morgan fingerprint density at radius 3 is 2.23 bits per heavy atom. The van der Waals surface area contributed by atoms with Crippen LogP contribution in [0.4, 0.5) is 0 Å². The van der Waals surface area contributed by atoms with Crippen LogP contribution < -0.4 is 0 Å². The van der Waals surface area contributed by atoms with Crippen molar-refractivity contribution in [1.82, 2.24) is 0 Å². The summed E-state index contributed by atoms with van der Waals surface area (Å²) in [5, 5.41) is 10.1. The topological polar surface area (TPSA) is 20.2 Å². The zero-order valence-electron chi connectivity index (χ0n) is 9.30. The van der Waals surface area contributed by atoms with E-state index in [2.05, 4.69) is 31.8 Å². The average Bonchev–Trinajstić information content (AvgIpc) is 2.03. The summed E-state index contributed by atoms with van der Waals surface area (Å²) in [6, 6.07) is 0. The zero-order valence-corrected chi connectivity index (χ0v) is 10.3. The standard InChI is InChI=1S/C11H22OSi/c1-10(12)11(13(2,3)4)8-6-5-7-9-11/h6,8,10,12H,5,7,9H2,1-4H3/t10-,11-/m0/s1. The van der Waals surface area contributed by atoms with Gasteiger partial charge in [0, 0.05) is 5.04 Å². The van der Waals surface area contributed by atoms with Gasteiger partial charge in [-0.3, -0.25) is 0 Å². The van der Waals surface area contributed by atoms with Gasteiger partial charge in [0.1, 0.15) is 0 Å². The SMILES string of the molecule is C[C@H](O)[C@]1([Si](C)(C)C)C=CCCC1. The maximum Gasteiger partial charge on any atom is 0.0582 e. The average molecular weight is 198 g/mol. The number of rotatable bonds is 2. The molecular weight excluding hydrogens is 176 g/mol. The molecule has 0 unspecified atom stereocenters. The summed E-state index contributed by atoms with van der Waals surface area (Å²) in [7, 11) is -1.31. The van der Waals surface area contributed by atoms with Crippen LogP contribution in [0.2, 0.25) is 24.7 Å². The molecule has 0 spiro atoms. The van der Waals surface area contributed by atoms with Crippen LogP contribution in [0.3, 0.4) is 0 Å². The van der Waals surface area contributed by atoms with Crippen molar-refractivity contribution < 1.29 is 5.11 Å². The molecule has 0 bridgehead atoms. The number of hydrogen-bond acceptors (Lipinski definition) is 1. The Morgan fingerprint density at radius 2 is 2.00 bits per heavy atom. The first-order valence-corrected chi connectivity index (χ1v) is 8.76. The van der Waals surface area contributed by atoms with Gasteiger partial charge in [-0.2, -0.15) is 0 Å². The van der Waals surface area contributed by atoms with Crippen molar-refractivity contribution in [2.24, 2.45) is 0 Å². The first-order valence-electron chi connectivity index (χ1n) is 5.26. The highest BCUT2D eigenvalue weighted by Crippen LogP contribution is 2.49. The zero-order chi connectivity index (χ0) is 10.1. The minimum atomic E-state index is -1.31. The maximum absolute atomic E-state index is 9.95. The Morgan fingerprint density at radius 1 is 1.38 bits per heavy atom. The van der Waals surface area contributed by atoms with Gasteiger partial charge < -0.3 is 5.11 Å². The lowest BCUT2D eigenvalue weighted by molar-refractivity contribution is 0.145. The highest BCUT2D eigenvalue weighted by atomic mass is 28.3. The number of allylic oxidation sites excluding steroid dienone is 1. The van der Waals surface area contributed by atoms with E-state index < -0.39 is 8.07 Å². The van der Waals surface area contributed by atoms with Crippen molar-refractivity contribution in [2.75, 3.05) is 0 Å². The molecule has 1 rings (SSSR count). The van der Waals surface area contributed by atoms with Crippen LogP contribution >= 0.6 is 0 Å². The second-order valence-electron chi connectivity index (χ2n) is 5.26. The summed E-state index contributed by atoms with van der Waals surface area (Å²) in [5.74, 6) is 0. The Balaban J connectivity index is 3.00. The van der Waals surface area contributed by atoms with E-state index in [0.717, 1.165) is 0 Å². The summed E-state index contributed by atoms with van der Waals surface area (Å²) < 4.78 is 0. The molecule has 76 valence electrons. The summed E-state index contributed by atoms with van der Waals surface area (Å²) in [6.07, 6.45) is 7.99. The minimum Gasteiger partial charge on any atom is -0.393 e. The molecule has 2 heteroatoms. The van der Waals surface area contributed by atoms with Gasteiger partial charge in [0.15, 0.2) is 0 Å². The molecule has 0 radical (unpaired) electrons. The molecule has 0 aromatic carbocycles. The number of aliphatic hydroxyl groups is 1. The van der Waals surface area contributed by atoms with Crippen LogP contribution in [-0.2, 0) is 0 Å². The van der Waals surface area contributed by atoms with E-state index in [4.69, 9.17) is 0 Å². The fourth-order valence-electron chi connectivity index (χ4n) is 2.49. The largest absolute Gasteiger partial charge is 0.393 e. The lowest BCUT2D eigenvalue weighted by Gasteiger charge is -2.45. The molecule has 0 aromatic rings. The van der Waals surface area contributed by atoms with Crippen molar-refractivity contribution in [3.05, 3.63) is 12.2 Å². The van der Waals surface area contributed by atoms with E-state index in [1.165, 1.54) is 19.3 Å². The predicted octanol–water partition coefficient (Wildman–Crippen LogP) is 3.19. The molecule has 0 heterocycles. The lowest BCUT2D eigenvalue weighted by Crippen LogP contribution is -2.46. The molecule has 0 aliphatic heterocycles. The molecule has 1 aliphatic rings. The molecule has 0 saturated carbocycles. The van der Waals surface area contributed by atoms with Crippen LogP contribution in [0.15, 0.2) is 12.2 Å². The quantitative estimate of drug-likeness (QED) is 0.534. The smallest absolute Gasteiger partial charge is 0.0582 e. The minimum absolute atomic E-state index is 0.130. The highest BCUT2D eigenvalue weighted by Gasteiger charge is 2.45. The second kappa shape index (κ2) is 3.58. The van der Waals surface area contributed by atoms with Gasteiger partial charge in [-0.15, -0.1) is 0 Å². The van der Waals surface area contributed by atoms with Crippen molar-refractivity contribution in [2.45, 2.75) is 57.0 Å². The number of aliphatic hydroxyl groups excluding tert-OH is 1. The molecule has 1 N–H and O–H groups in total. The van der Waals surface area contributed by atoms with Crippen molar-refractivity contribution in [3.63, 3.8) is 0 Å². The number of hydrogen-bond donors (Lipinski definition) is 1. The molecular formula is C11H22OSi. The van der Waals surface area contributed by atoms with E-state index in [1.54, 1.807) is 0 Å². The highest BCUT2D eigenvalue weighted by molar-refractivity contribution is 6.79. The fourth-order valence-corrected chi connectivity index (χ4v) is 5.29. The van der Waals surface area contributed by atoms with Crippen LogP contribution in [-0.4, -0.2) is 19.3 Å². The predicted molar refractivity (Wildman–Crippen MR) is 60.7 cm³/mol. The molecule has 0 fully saturated rings. The maximum atomic E-state index is 9.95. The summed E-state index contributed by atoms with van der Waals surface area (Å²) in [4.78, 5) is 0. The first-order chi connectivity index (χ1) is 5.90. The van der Waals surface area contributed by atoms with E-state index in [1.807, 2.05) is 6.92 Å². The van der Waals surface area contributed by atoms with Crippen LogP contribution in [0.5, 0.6) is 0 Å². The van der Waals surface area contributed by atoms with Crippen LogP contribution in [0.1, 0.15) is 26.2 Å². The third-order valence-corrected chi connectivity index (χ3v) is 7.15. The van der Waals surface area contributed by atoms with Gasteiger partial charge in [0.2, 0.25) is 0 Å². The lowest BCUT2D eigenvalue weighted by atomic mass is 9.90. The Labute approximate surface area is 82.9 Å². The molecule has 13 heavy (non-hydrogen) atoms. The van der Waals surface area contributed by atoms with Gasteiger partial charge in [-0.25, -0.2) is 0 Å². The molecule has 1 aliphatic carbocycles. The third kappa shape index (κ3) is 1.89. The monoisotopic (exact) mass is 198 g/mol. The van der Waals surface area contributed by atoms with Crippen LogP contribution in [0, 0.1) is 0 Å². The molecule has 2 atom stereocenters. The van der Waals surface area contributed by atoms with E-state index in [-0.39, 0.29) is 11.1 Å². The Bertz CT molecular complexity index is 203. The van der Waals surface area contributed by atoms with E-state index in [9.17, 15) is 5.11 Å². The van der Waals surface area contributed by atoms with E-state index >= 15 is 0 Å². The van der Waals surface area contributed by atoms with Crippen molar-refractivity contribution in [1.29, 1.82) is 0 Å². The van der Waals surface area contributed by atoms with Crippen LogP contribution in [0.25, 0.3) is 0 Å². The van der Waals surface area contributed by atoms with Gasteiger partial charge in [0.25, 0.3) is 0 Å². The normalized spacial score (nSPS) is 31.8. The summed E-state index contributed by atoms with van der Waals surface area (Å²) in [5.41, 5.74) is 0. The molecule has 0 aromatic heterocycles. The van der Waals surface area contributed by atoms with Gasteiger partial charge in [0.05, 0.1) is 14.2 Å². The van der Waals surface area contributed by atoms with E-state index in [0.29, 0.717) is 0 Å². The summed E-state index contributed by atoms with van der Waals surface area (Å²) >= 11 is 0. The van der Waals surface area contributed by atoms with Gasteiger partial charge in [-0.1, -0.05) is 31.8 Å². The van der Waals surface area contributed by atoms with Crippen molar-refractivity contribution in [3.8, 4) is 0 Å². The molecule has 1 nitrogen and oxygen atoms in total. The molecule has 0 amide bonds. The first kappa shape index (κ1) is 11.0. The Kier molecular flexibility index (Phi) is 3.03.